The summed E-state index contributed by atoms with van der Waals surface area (Å²) in [7, 11) is 2.93. The second kappa shape index (κ2) is 9.42. The second-order valence-corrected chi connectivity index (χ2v) is 8.29. The summed E-state index contributed by atoms with van der Waals surface area (Å²) in [5.41, 5.74) is -0.847. The summed E-state index contributed by atoms with van der Waals surface area (Å²) in [5.74, 6) is -1.27. The van der Waals surface area contributed by atoms with Gasteiger partial charge in [0.2, 0.25) is 5.91 Å². The zero-order chi connectivity index (χ0) is 24.5. The van der Waals surface area contributed by atoms with Gasteiger partial charge in [-0.3, -0.25) is 14.5 Å². The van der Waals surface area contributed by atoms with Crippen LogP contribution in [0.4, 0.5) is 18.0 Å². The Hall–Kier alpha value is -3.08. The molecular formula is C22H27F3N4O4. The maximum atomic E-state index is 13.7. The van der Waals surface area contributed by atoms with Gasteiger partial charge in [-0.05, 0) is 17.5 Å². The molecule has 2 N–H and O–H groups in total. The van der Waals surface area contributed by atoms with Crippen LogP contribution in [0, 0.1) is 5.92 Å². The Morgan fingerprint density at radius 3 is 2.55 bits per heavy atom. The van der Waals surface area contributed by atoms with Gasteiger partial charge in [-0.25, -0.2) is 4.79 Å². The third kappa shape index (κ3) is 4.68. The van der Waals surface area contributed by atoms with Crippen molar-refractivity contribution in [3.05, 3.63) is 46.7 Å². The number of alkyl halides is 3. The molecule has 11 heteroatoms. The topological polar surface area (TPSA) is 91.0 Å². The highest BCUT2D eigenvalue weighted by atomic mass is 19.4. The zero-order valence-electron chi connectivity index (χ0n) is 18.8. The molecule has 2 atom stereocenters. The van der Waals surface area contributed by atoms with Crippen LogP contribution in [0.1, 0.15) is 31.0 Å². The van der Waals surface area contributed by atoms with E-state index >= 15 is 0 Å². The first-order valence-corrected chi connectivity index (χ1v) is 10.5. The van der Waals surface area contributed by atoms with Gasteiger partial charge in [0.15, 0.2) is 0 Å². The predicted molar refractivity (Wildman–Crippen MR) is 113 cm³/mol. The fraction of sp³-hybridized carbons (Fsp3) is 0.500. The van der Waals surface area contributed by atoms with Crippen molar-refractivity contribution in [1.29, 1.82) is 0 Å². The van der Waals surface area contributed by atoms with Crippen LogP contribution in [-0.4, -0.2) is 67.5 Å². The average Bonchev–Trinajstić information content (AvgIpc) is 3.07. The van der Waals surface area contributed by atoms with Crippen molar-refractivity contribution in [3.63, 3.8) is 0 Å². The van der Waals surface area contributed by atoms with E-state index in [2.05, 4.69) is 10.6 Å². The van der Waals surface area contributed by atoms with Crippen LogP contribution in [0.25, 0.3) is 0 Å². The van der Waals surface area contributed by atoms with E-state index in [0.717, 1.165) is 6.07 Å². The molecule has 3 rings (SSSR count). The summed E-state index contributed by atoms with van der Waals surface area (Å²) in [6, 6.07) is 2.04. The molecule has 0 aliphatic carbocycles. The van der Waals surface area contributed by atoms with Crippen molar-refractivity contribution in [2.24, 2.45) is 5.92 Å². The monoisotopic (exact) mass is 468 g/mol. The lowest BCUT2D eigenvalue weighted by molar-refractivity contribution is -0.139. The lowest BCUT2D eigenvalue weighted by atomic mass is 9.91. The van der Waals surface area contributed by atoms with Gasteiger partial charge >= 0.3 is 12.2 Å². The van der Waals surface area contributed by atoms with Crippen molar-refractivity contribution >= 4 is 17.8 Å². The molecule has 1 aromatic carbocycles. The van der Waals surface area contributed by atoms with Crippen LogP contribution in [-0.2, 0) is 20.5 Å². The van der Waals surface area contributed by atoms with Gasteiger partial charge in [-0.2, -0.15) is 13.2 Å². The van der Waals surface area contributed by atoms with E-state index in [1.165, 1.54) is 42.2 Å². The molecule has 4 amide bonds. The number of rotatable bonds is 7. The Balaban J connectivity index is 2.01. The van der Waals surface area contributed by atoms with Gasteiger partial charge in [0.1, 0.15) is 6.04 Å². The molecule has 0 aromatic heterocycles. The first kappa shape index (κ1) is 24.6. The van der Waals surface area contributed by atoms with E-state index in [1.807, 2.05) is 0 Å². The number of hydrogen-bond acceptors (Lipinski definition) is 4. The van der Waals surface area contributed by atoms with Crippen molar-refractivity contribution < 1.29 is 32.3 Å². The number of nitrogens with zero attached hydrogens (tertiary/aromatic N) is 2. The molecule has 0 fully saturated rings. The Morgan fingerprint density at radius 1 is 1.27 bits per heavy atom. The smallest absolute Gasteiger partial charge is 0.383 e. The second-order valence-electron chi connectivity index (χ2n) is 8.29. The van der Waals surface area contributed by atoms with Crippen LogP contribution in [0.15, 0.2) is 35.5 Å². The molecule has 8 nitrogen and oxygen atoms in total. The molecular weight excluding hydrogens is 441 g/mol. The van der Waals surface area contributed by atoms with E-state index < -0.39 is 41.7 Å². The van der Waals surface area contributed by atoms with Crippen LogP contribution in [0.2, 0.25) is 0 Å². The standard InChI is InChI=1S/C22H27F3N4O4/c1-12(2)18(19(30)26-9-10-33-4)29-11-15-16(20(29)31)17(27-21(32)28(15)3)13-7-5-6-8-14(13)22(23,24)25/h5-8,12,17-18H,9-11H2,1-4H3,(H,26,30)(H,27,32)/t17-,18+/m1/s1. The van der Waals surface area contributed by atoms with Crippen LogP contribution >= 0.6 is 0 Å². The number of ether oxygens (including phenoxy) is 1. The number of urea groups is 1. The fourth-order valence-electron chi connectivity index (χ4n) is 4.24. The minimum Gasteiger partial charge on any atom is -0.383 e. The first-order chi connectivity index (χ1) is 15.5. The SMILES string of the molecule is COCCNC(=O)[C@H](C(C)C)N1CC2=C(C1=O)[C@@H](c1ccccc1C(F)(F)F)NC(=O)N2C. The first-order valence-electron chi connectivity index (χ1n) is 10.5. The molecule has 0 radical (unpaired) electrons. The molecule has 33 heavy (non-hydrogen) atoms. The molecule has 0 unspecified atom stereocenters. The maximum Gasteiger partial charge on any atom is 0.416 e. The number of likely N-dealkylation sites (N-methyl/N-ethyl adjacent to an activating group) is 1. The molecule has 2 aliphatic heterocycles. The maximum absolute atomic E-state index is 13.7. The molecule has 0 saturated carbocycles. The lowest BCUT2D eigenvalue weighted by Crippen LogP contribution is -2.51. The lowest BCUT2D eigenvalue weighted by Gasteiger charge is -2.32. The highest BCUT2D eigenvalue weighted by Crippen LogP contribution is 2.41. The van der Waals surface area contributed by atoms with Gasteiger partial charge < -0.3 is 20.3 Å². The molecule has 2 heterocycles. The van der Waals surface area contributed by atoms with E-state index in [9.17, 15) is 27.6 Å². The van der Waals surface area contributed by atoms with Crippen LogP contribution < -0.4 is 10.6 Å². The van der Waals surface area contributed by atoms with Gasteiger partial charge in [0, 0.05) is 20.7 Å². The molecule has 2 aliphatic rings. The fourth-order valence-corrected chi connectivity index (χ4v) is 4.24. The van der Waals surface area contributed by atoms with Crippen molar-refractivity contribution in [3.8, 4) is 0 Å². The summed E-state index contributed by atoms with van der Waals surface area (Å²) in [5, 5.41) is 5.24. The van der Waals surface area contributed by atoms with Gasteiger partial charge in [0.25, 0.3) is 5.91 Å². The zero-order valence-corrected chi connectivity index (χ0v) is 18.8. The summed E-state index contributed by atoms with van der Waals surface area (Å²) in [6.07, 6.45) is -4.67. The largest absolute Gasteiger partial charge is 0.416 e. The molecule has 0 spiro atoms. The van der Waals surface area contributed by atoms with Gasteiger partial charge in [-0.15, -0.1) is 0 Å². The molecule has 0 saturated heterocycles. The minimum atomic E-state index is -4.67. The number of benzene rings is 1. The molecule has 0 bridgehead atoms. The Labute approximate surface area is 189 Å². The van der Waals surface area contributed by atoms with E-state index in [0.29, 0.717) is 0 Å². The van der Waals surface area contributed by atoms with Gasteiger partial charge in [-0.1, -0.05) is 32.0 Å². The Bertz CT molecular complexity index is 977. The number of carbonyl (C=O) groups excluding carboxylic acids is 3. The normalized spacial score (nSPS) is 19.7. The number of hydrogen-bond donors (Lipinski definition) is 2. The van der Waals surface area contributed by atoms with Crippen LogP contribution in [0.5, 0.6) is 0 Å². The number of nitrogens with one attached hydrogen (secondary N) is 2. The third-order valence-electron chi connectivity index (χ3n) is 5.81. The molecule has 1 aromatic rings. The summed E-state index contributed by atoms with van der Waals surface area (Å²) < 4.78 is 46.0. The summed E-state index contributed by atoms with van der Waals surface area (Å²) in [4.78, 5) is 41.5. The average molecular weight is 468 g/mol. The van der Waals surface area contributed by atoms with Crippen molar-refractivity contribution in [2.75, 3.05) is 33.9 Å². The Morgan fingerprint density at radius 2 is 1.94 bits per heavy atom. The predicted octanol–water partition coefficient (Wildman–Crippen LogP) is 2.29. The summed E-state index contributed by atoms with van der Waals surface area (Å²) in [6.45, 7) is 4.01. The van der Waals surface area contributed by atoms with Crippen molar-refractivity contribution in [1.82, 2.24) is 20.4 Å². The summed E-state index contributed by atoms with van der Waals surface area (Å²) >= 11 is 0. The number of methoxy groups -OCH3 is 1. The number of carbonyl (C=O) groups is 3. The number of halogens is 3. The van der Waals surface area contributed by atoms with E-state index in [1.54, 1.807) is 13.8 Å². The Kier molecular flexibility index (Phi) is 7.01. The quantitative estimate of drug-likeness (QED) is 0.601. The van der Waals surface area contributed by atoms with E-state index in [4.69, 9.17) is 4.74 Å². The molecule has 180 valence electrons. The highest BCUT2D eigenvalue weighted by molar-refractivity contribution is 6.03. The highest BCUT2D eigenvalue weighted by Gasteiger charge is 2.48. The third-order valence-corrected chi connectivity index (χ3v) is 5.81. The van der Waals surface area contributed by atoms with Gasteiger partial charge in [0.05, 0.1) is 36.0 Å². The minimum absolute atomic E-state index is 0.0316. The number of amides is 4. The van der Waals surface area contributed by atoms with Crippen molar-refractivity contribution in [2.45, 2.75) is 32.1 Å². The van der Waals surface area contributed by atoms with Crippen LogP contribution in [0.3, 0.4) is 0 Å². The van der Waals surface area contributed by atoms with E-state index in [-0.39, 0.29) is 42.4 Å².